The van der Waals surface area contributed by atoms with Gasteiger partial charge in [0.2, 0.25) is 0 Å². The minimum atomic E-state index is 0.723. The van der Waals surface area contributed by atoms with Gasteiger partial charge in [-0.05, 0) is 44.4 Å². The van der Waals surface area contributed by atoms with Crippen LogP contribution in [0.25, 0.3) is 0 Å². The van der Waals surface area contributed by atoms with Gasteiger partial charge in [-0.3, -0.25) is 9.88 Å². The zero-order valence-corrected chi connectivity index (χ0v) is 10.4. The molecule has 1 atom stereocenters. The number of aromatic nitrogens is 1. The molecule has 3 heteroatoms. The van der Waals surface area contributed by atoms with Crippen molar-refractivity contribution in [3.8, 4) is 0 Å². The Balaban J connectivity index is 1.88. The average molecular weight is 239 g/mol. The Bertz CT molecular complexity index is 302. The Morgan fingerprint density at radius 2 is 2.38 bits per heavy atom. The highest BCUT2D eigenvalue weighted by molar-refractivity contribution is 6.17. The SMILES string of the molecule is ClCCCC1CCCN1Cc1ccccn1. The van der Waals surface area contributed by atoms with E-state index in [0.29, 0.717) is 0 Å². The molecule has 1 aliphatic rings. The summed E-state index contributed by atoms with van der Waals surface area (Å²) in [5.41, 5.74) is 1.18. The second kappa shape index (κ2) is 6.21. The van der Waals surface area contributed by atoms with Gasteiger partial charge in [-0.2, -0.15) is 0 Å². The van der Waals surface area contributed by atoms with Crippen molar-refractivity contribution in [2.24, 2.45) is 0 Å². The molecule has 16 heavy (non-hydrogen) atoms. The van der Waals surface area contributed by atoms with Crippen LogP contribution in [0.1, 0.15) is 31.4 Å². The van der Waals surface area contributed by atoms with E-state index in [4.69, 9.17) is 11.6 Å². The molecule has 0 radical (unpaired) electrons. The molecule has 1 saturated heterocycles. The third-order valence-corrected chi connectivity index (χ3v) is 3.53. The summed E-state index contributed by atoms with van der Waals surface area (Å²) in [5, 5.41) is 0. The fourth-order valence-electron chi connectivity index (χ4n) is 2.44. The van der Waals surface area contributed by atoms with Crippen molar-refractivity contribution in [3.05, 3.63) is 30.1 Å². The molecule has 88 valence electrons. The molecule has 0 saturated carbocycles. The van der Waals surface area contributed by atoms with Gasteiger partial charge in [-0.1, -0.05) is 6.07 Å². The number of likely N-dealkylation sites (tertiary alicyclic amines) is 1. The number of pyridine rings is 1. The van der Waals surface area contributed by atoms with Crippen LogP contribution in [0.3, 0.4) is 0 Å². The van der Waals surface area contributed by atoms with E-state index in [2.05, 4.69) is 22.0 Å². The van der Waals surface area contributed by atoms with Gasteiger partial charge in [0.15, 0.2) is 0 Å². The van der Waals surface area contributed by atoms with Crippen LogP contribution in [-0.2, 0) is 6.54 Å². The molecule has 1 fully saturated rings. The smallest absolute Gasteiger partial charge is 0.0544 e. The Morgan fingerprint density at radius 3 is 3.12 bits per heavy atom. The number of alkyl halides is 1. The van der Waals surface area contributed by atoms with E-state index in [-0.39, 0.29) is 0 Å². The van der Waals surface area contributed by atoms with Gasteiger partial charge in [0, 0.05) is 24.7 Å². The molecular weight excluding hydrogens is 220 g/mol. The standard InChI is InChI=1S/C13H19ClN2/c14-8-3-6-13-7-4-10-16(13)11-12-5-1-2-9-15-12/h1-2,5,9,13H,3-4,6-8,10-11H2. The molecule has 1 unspecified atom stereocenters. The Morgan fingerprint density at radius 1 is 1.44 bits per heavy atom. The van der Waals surface area contributed by atoms with Gasteiger partial charge in [0.05, 0.1) is 5.69 Å². The predicted octanol–water partition coefficient (Wildman–Crippen LogP) is 3.07. The first-order valence-electron chi connectivity index (χ1n) is 6.10. The monoisotopic (exact) mass is 238 g/mol. The van der Waals surface area contributed by atoms with Crippen molar-refractivity contribution in [1.82, 2.24) is 9.88 Å². The van der Waals surface area contributed by atoms with Gasteiger partial charge in [-0.15, -0.1) is 11.6 Å². The average Bonchev–Trinajstić information content (AvgIpc) is 2.75. The molecule has 0 aromatic carbocycles. The largest absolute Gasteiger partial charge is 0.295 e. The highest BCUT2D eigenvalue weighted by Crippen LogP contribution is 2.23. The third kappa shape index (κ3) is 3.19. The molecule has 0 spiro atoms. The lowest BCUT2D eigenvalue weighted by atomic mass is 10.1. The minimum Gasteiger partial charge on any atom is -0.295 e. The van der Waals surface area contributed by atoms with E-state index in [1.807, 2.05) is 12.3 Å². The molecule has 1 aliphatic heterocycles. The van der Waals surface area contributed by atoms with E-state index in [0.717, 1.165) is 24.9 Å². The van der Waals surface area contributed by atoms with Crippen molar-refractivity contribution in [1.29, 1.82) is 0 Å². The van der Waals surface area contributed by atoms with Gasteiger partial charge in [0.25, 0.3) is 0 Å². The van der Waals surface area contributed by atoms with Gasteiger partial charge < -0.3 is 0 Å². The van der Waals surface area contributed by atoms with Crippen molar-refractivity contribution in [2.45, 2.75) is 38.3 Å². The van der Waals surface area contributed by atoms with Crippen LogP contribution in [0.2, 0.25) is 0 Å². The highest BCUT2D eigenvalue weighted by Gasteiger charge is 2.23. The summed E-state index contributed by atoms with van der Waals surface area (Å²) >= 11 is 5.76. The van der Waals surface area contributed by atoms with E-state index < -0.39 is 0 Å². The first-order chi connectivity index (χ1) is 7.90. The minimum absolute atomic E-state index is 0.723. The lowest BCUT2D eigenvalue weighted by molar-refractivity contribution is 0.231. The van der Waals surface area contributed by atoms with Gasteiger partial charge in [0.1, 0.15) is 0 Å². The molecule has 1 aromatic heterocycles. The molecule has 0 aliphatic carbocycles. The van der Waals surface area contributed by atoms with Crippen LogP contribution in [0.15, 0.2) is 24.4 Å². The first-order valence-corrected chi connectivity index (χ1v) is 6.63. The van der Waals surface area contributed by atoms with Gasteiger partial charge >= 0.3 is 0 Å². The van der Waals surface area contributed by atoms with E-state index in [1.54, 1.807) is 0 Å². The first kappa shape index (κ1) is 11.9. The Labute approximate surface area is 103 Å². The van der Waals surface area contributed by atoms with E-state index in [1.165, 1.54) is 31.5 Å². The lowest BCUT2D eigenvalue weighted by Gasteiger charge is -2.23. The maximum Gasteiger partial charge on any atom is 0.0544 e. The second-order valence-corrected chi connectivity index (χ2v) is 4.80. The van der Waals surface area contributed by atoms with E-state index in [9.17, 15) is 0 Å². The highest BCUT2D eigenvalue weighted by atomic mass is 35.5. The summed E-state index contributed by atoms with van der Waals surface area (Å²) in [6.07, 6.45) is 6.88. The molecule has 0 N–H and O–H groups in total. The van der Waals surface area contributed by atoms with Crippen molar-refractivity contribution < 1.29 is 0 Å². The van der Waals surface area contributed by atoms with Crippen LogP contribution in [0.4, 0.5) is 0 Å². The van der Waals surface area contributed by atoms with Crippen LogP contribution < -0.4 is 0 Å². The molecule has 2 rings (SSSR count). The molecule has 2 heterocycles. The van der Waals surface area contributed by atoms with Crippen LogP contribution in [-0.4, -0.2) is 28.4 Å². The predicted molar refractivity (Wildman–Crippen MR) is 67.6 cm³/mol. The fourth-order valence-corrected chi connectivity index (χ4v) is 2.60. The zero-order valence-electron chi connectivity index (χ0n) is 9.61. The van der Waals surface area contributed by atoms with E-state index >= 15 is 0 Å². The molecule has 0 amide bonds. The maximum atomic E-state index is 5.76. The second-order valence-electron chi connectivity index (χ2n) is 4.42. The molecule has 2 nitrogen and oxygen atoms in total. The number of hydrogen-bond acceptors (Lipinski definition) is 2. The Kier molecular flexibility index (Phi) is 4.61. The molecule has 1 aromatic rings. The summed E-state index contributed by atoms with van der Waals surface area (Å²) in [6, 6.07) is 6.86. The van der Waals surface area contributed by atoms with Crippen LogP contribution in [0, 0.1) is 0 Å². The quantitative estimate of drug-likeness (QED) is 0.733. The zero-order chi connectivity index (χ0) is 11.2. The summed E-state index contributed by atoms with van der Waals surface area (Å²) in [7, 11) is 0. The molecule has 0 bridgehead atoms. The summed E-state index contributed by atoms with van der Waals surface area (Å²) in [4.78, 5) is 6.94. The lowest BCUT2D eigenvalue weighted by Crippen LogP contribution is -2.29. The maximum absolute atomic E-state index is 5.76. The van der Waals surface area contributed by atoms with Gasteiger partial charge in [-0.25, -0.2) is 0 Å². The van der Waals surface area contributed by atoms with Crippen LogP contribution >= 0.6 is 11.6 Å². The number of hydrogen-bond donors (Lipinski definition) is 0. The number of rotatable bonds is 5. The number of halogens is 1. The summed E-state index contributed by atoms with van der Waals surface area (Å²) in [6.45, 7) is 2.21. The normalized spacial score (nSPS) is 21.4. The Hall–Kier alpha value is -0.600. The number of nitrogens with zero attached hydrogens (tertiary/aromatic N) is 2. The third-order valence-electron chi connectivity index (χ3n) is 3.26. The topological polar surface area (TPSA) is 16.1 Å². The summed E-state index contributed by atoms with van der Waals surface area (Å²) < 4.78 is 0. The molecular formula is C13H19ClN2. The van der Waals surface area contributed by atoms with Crippen molar-refractivity contribution >= 4 is 11.6 Å². The fraction of sp³-hybridized carbons (Fsp3) is 0.615. The van der Waals surface area contributed by atoms with Crippen molar-refractivity contribution in [3.63, 3.8) is 0 Å². The van der Waals surface area contributed by atoms with Crippen molar-refractivity contribution in [2.75, 3.05) is 12.4 Å². The van der Waals surface area contributed by atoms with Crippen LogP contribution in [0.5, 0.6) is 0 Å². The summed E-state index contributed by atoms with van der Waals surface area (Å²) in [5.74, 6) is 0.786.